The molecule has 0 radical (unpaired) electrons. The highest BCUT2D eigenvalue weighted by Gasteiger charge is 2.60. The van der Waals surface area contributed by atoms with Crippen molar-refractivity contribution in [3.8, 4) is 0 Å². The van der Waals surface area contributed by atoms with Crippen LogP contribution in [0, 0.1) is 46.3 Å². The van der Waals surface area contributed by atoms with Crippen molar-refractivity contribution in [2.24, 2.45) is 46.3 Å². The highest BCUT2D eigenvalue weighted by atomic mass is 16.5. The second-order valence-electron chi connectivity index (χ2n) is 12.1. The van der Waals surface area contributed by atoms with Crippen LogP contribution in [0.25, 0.3) is 0 Å². The van der Waals surface area contributed by atoms with Crippen molar-refractivity contribution in [2.45, 2.75) is 104 Å². The monoisotopic (exact) mass is 448 g/mol. The molecule has 10 atom stereocenters. The van der Waals surface area contributed by atoms with Crippen molar-refractivity contribution in [1.29, 1.82) is 0 Å². The van der Waals surface area contributed by atoms with Gasteiger partial charge >= 0.3 is 11.9 Å². The summed E-state index contributed by atoms with van der Waals surface area (Å²) in [6.45, 7) is 8.82. The fourth-order valence-corrected chi connectivity index (χ4v) is 9.28. The van der Waals surface area contributed by atoms with E-state index in [2.05, 4.69) is 20.8 Å². The number of ether oxygens (including phenoxy) is 2. The standard InChI is InChI=1S/C27H44O5/c1-16(14-24(29)25(30)31-5)21-8-9-22-20-7-6-18-15-19(32-17(2)28)10-12-26(18,3)23(20)11-13-27(21,22)4/h16,18-24,29H,6-15H2,1-5H3/t16-,18-,19-,20+,21-,22+,23+,24-,26+,27-/m1/s1. The van der Waals surface area contributed by atoms with Gasteiger partial charge in [-0.1, -0.05) is 20.8 Å². The van der Waals surface area contributed by atoms with Crippen LogP contribution in [0.1, 0.15) is 91.9 Å². The van der Waals surface area contributed by atoms with E-state index in [1.807, 2.05) is 0 Å². The van der Waals surface area contributed by atoms with Gasteiger partial charge in [0.2, 0.25) is 0 Å². The number of esters is 2. The maximum atomic E-state index is 11.8. The lowest BCUT2D eigenvalue weighted by Gasteiger charge is -2.61. The second kappa shape index (κ2) is 8.92. The fraction of sp³-hybridized carbons (Fsp3) is 0.926. The van der Waals surface area contributed by atoms with Gasteiger partial charge in [-0.2, -0.15) is 0 Å². The zero-order valence-electron chi connectivity index (χ0n) is 20.8. The maximum absolute atomic E-state index is 11.8. The number of carbonyl (C=O) groups is 2. The largest absolute Gasteiger partial charge is 0.467 e. The molecular formula is C27H44O5. The van der Waals surface area contributed by atoms with E-state index >= 15 is 0 Å². The molecule has 0 unspecified atom stereocenters. The van der Waals surface area contributed by atoms with Gasteiger partial charge in [-0.25, -0.2) is 4.79 Å². The molecule has 4 aliphatic rings. The van der Waals surface area contributed by atoms with Crippen LogP contribution in [0.2, 0.25) is 0 Å². The molecule has 1 N–H and O–H groups in total. The molecule has 0 heterocycles. The van der Waals surface area contributed by atoms with Gasteiger partial charge in [0.1, 0.15) is 6.10 Å². The number of aliphatic hydroxyl groups is 1. The maximum Gasteiger partial charge on any atom is 0.334 e. The van der Waals surface area contributed by atoms with Gasteiger partial charge in [-0.05, 0) is 111 Å². The Hall–Kier alpha value is -1.10. The van der Waals surface area contributed by atoms with E-state index < -0.39 is 12.1 Å². The molecule has 4 aliphatic carbocycles. The highest BCUT2D eigenvalue weighted by molar-refractivity contribution is 5.74. The van der Waals surface area contributed by atoms with E-state index in [1.165, 1.54) is 59.0 Å². The molecule has 0 aromatic rings. The number of fused-ring (bicyclic) bond motifs is 5. The number of rotatable bonds is 5. The van der Waals surface area contributed by atoms with Crippen LogP contribution in [0.5, 0.6) is 0 Å². The Bertz CT molecular complexity index is 721. The molecule has 4 rings (SSSR count). The van der Waals surface area contributed by atoms with E-state index in [-0.39, 0.29) is 12.1 Å². The van der Waals surface area contributed by atoms with Crippen molar-refractivity contribution in [2.75, 3.05) is 7.11 Å². The third-order valence-electron chi connectivity index (χ3n) is 10.8. The Labute approximate surface area is 194 Å². The molecule has 0 aromatic carbocycles. The number of hydrogen-bond acceptors (Lipinski definition) is 5. The topological polar surface area (TPSA) is 72.8 Å². The molecule has 182 valence electrons. The van der Waals surface area contributed by atoms with Crippen molar-refractivity contribution in [3.05, 3.63) is 0 Å². The first-order chi connectivity index (χ1) is 15.1. The van der Waals surface area contributed by atoms with Gasteiger partial charge < -0.3 is 14.6 Å². The van der Waals surface area contributed by atoms with E-state index in [1.54, 1.807) is 0 Å². The summed E-state index contributed by atoms with van der Waals surface area (Å²) in [5.41, 5.74) is 0.695. The average Bonchev–Trinajstić information content (AvgIpc) is 3.10. The Morgan fingerprint density at radius 1 is 1.00 bits per heavy atom. The minimum atomic E-state index is -1.00. The van der Waals surface area contributed by atoms with Gasteiger partial charge in [-0.15, -0.1) is 0 Å². The average molecular weight is 449 g/mol. The molecule has 32 heavy (non-hydrogen) atoms. The van der Waals surface area contributed by atoms with E-state index in [0.717, 1.165) is 30.6 Å². The predicted octanol–water partition coefficient (Wildman–Crippen LogP) is 5.14. The van der Waals surface area contributed by atoms with Crippen molar-refractivity contribution >= 4 is 11.9 Å². The molecule has 5 nitrogen and oxygen atoms in total. The zero-order chi connectivity index (χ0) is 23.3. The summed E-state index contributed by atoms with van der Waals surface area (Å²) < 4.78 is 10.4. The normalized spacial score (nSPS) is 45.1. The Kier molecular flexibility index (Phi) is 6.70. The summed E-state index contributed by atoms with van der Waals surface area (Å²) >= 11 is 0. The number of aliphatic hydroxyl groups excluding tert-OH is 1. The molecule has 0 spiro atoms. The molecule has 4 fully saturated rings. The van der Waals surface area contributed by atoms with Crippen molar-refractivity contribution in [3.63, 3.8) is 0 Å². The molecule has 5 heteroatoms. The minimum absolute atomic E-state index is 0.119. The highest BCUT2D eigenvalue weighted by Crippen LogP contribution is 2.68. The van der Waals surface area contributed by atoms with Crippen LogP contribution >= 0.6 is 0 Å². The third kappa shape index (κ3) is 4.01. The molecular weight excluding hydrogens is 404 g/mol. The summed E-state index contributed by atoms with van der Waals surface area (Å²) in [6, 6.07) is 0. The fourth-order valence-electron chi connectivity index (χ4n) is 9.28. The molecule has 0 bridgehead atoms. The number of methoxy groups -OCH3 is 1. The van der Waals surface area contributed by atoms with Crippen molar-refractivity contribution < 1.29 is 24.2 Å². The van der Waals surface area contributed by atoms with Crippen LogP contribution in [0.15, 0.2) is 0 Å². The summed E-state index contributed by atoms with van der Waals surface area (Å²) in [4.78, 5) is 23.2. The second-order valence-corrected chi connectivity index (χ2v) is 12.1. The van der Waals surface area contributed by atoms with Gasteiger partial charge in [0.05, 0.1) is 7.11 Å². The summed E-state index contributed by atoms with van der Waals surface area (Å²) in [6.07, 6.45) is 10.5. The Morgan fingerprint density at radius 3 is 2.38 bits per heavy atom. The van der Waals surface area contributed by atoms with Crippen LogP contribution in [-0.4, -0.2) is 36.4 Å². The quantitative estimate of drug-likeness (QED) is 0.590. The number of hydrogen-bond donors (Lipinski definition) is 1. The predicted molar refractivity (Wildman–Crippen MR) is 123 cm³/mol. The SMILES string of the molecule is COC(=O)[C@H](O)C[C@@H](C)[C@H]1CC[C@H]2[C@@H]3CC[C@@H]4C[C@H](OC(C)=O)CC[C@]4(C)[C@H]3CC[C@]12C. The third-order valence-corrected chi connectivity index (χ3v) is 10.8. The molecule has 4 saturated carbocycles. The Morgan fingerprint density at radius 2 is 1.69 bits per heavy atom. The molecule has 0 saturated heterocycles. The first kappa shape index (κ1) is 24.0. The van der Waals surface area contributed by atoms with Crippen LogP contribution < -0.4 is 0 Å². The molecule has 0 amide bonds. The van der Waals surface area contributed by atoms with E-state index in [9.17, 15) is 14.7 Å². The van der Waals surface area contributed by atoms with Gasteiger partial charge in [0, 0.05) is 6.92 Å². The number of carbonyl (C=O) groups excluding carboxylic acids is 2. The Balaban J connectivity index is 1.46. The van der Waals surface area contributed by atoms with E-state index in [0.29, 0.717) is 35.0 Å². The summed E-state index contributed by atoms with van der Waals surface area (Å²) in [5.74, 6) is 3.26. The van der Waals surface area contributed by atoms with Crippen LogP contribution in [0.4, 0.5) is 0 Å². The molecule has 0 aromatic heterocycles. The van der Waals surface area contributed by atoms with Crippen molar-refractivity contribution in [1.82, 2.24) is 0 Å². The van der Waals surface area contributed by atoms with Crippen LogP contribution in [0.3, 0.4) is 0 Å². The van der Waals surface area contributed by atoms with Gasteiger partial charge in [0.15, 0.2) is 6.10 Å². The first-order valence-electron chi connectivity index (χ1n) is 13.0. The zero-order valence-corrected chi connectivity index (χ0v) is 20.8. The molecule has 0 aliphatic heterocycles. The lowest BCUT2D eigenvalue weighted by molar-refractivity contribution is -0.160. The summed E-state index contributed by atoms with van der Waals surface area (Å²) in [5, 5.41) is 10.2. The lowest BCUT2D eigenvalue weighted by atomic mass is 9.44. The van der Waals surface area contributed by atoms with Gasteiger partial charge in [-0.3, -0.25) is 4.79 Å². The lowest BCUT2D eigenvalue weighted by Crippen LogP contribution is -2.54. The minimum Gasteiger partial charge on any atom is -0.467 e. The van der Waals surface area contributed by atoms with E-state index in [4.69, 9.17) is 9.47 Å². The van der Waals surface area contributed by atoms with Crippen LogP contribution in [-0.2, 0) is 19.1 Å². The summed E-state index contributed by atoms with van der Waals surface area (Å²) in [7, 11) is 1.35. The smallest absolute Gasteiger partial charge is 0.334 e. The first-order valence-corrected chi connectivity index (χ1v) is 13.0. The van der Waals surface area contributed by atoms with Gasteiger partial charge in [0.25, 0.3) is 0 Å².